The van der Waals surface area contributed by atoms with Crippen molar-refractivity contribution in [2.75, 3.05) is 14.1 Å². The van der Waals surface area contributed by atoms with Gasteiger partial charge in [0.1, 0.15) is 11.9 Å². The first kappa shape index (κ1) is 25.4. The lowest BCUT2D eigenvalue weighted by atomic mass is 9.49. The van der Waals surface area contributed by atoms with E-state index in [-0.39, 0.29) is 5.56 Å². The first-order chi connectivity index (χ1) is 16.8. The molecule has 8 atom stereocenters. The fraction of sp³-hybridized carbons (Fsp3) is 0.440. The summed E-state index contributed by atoms with van der Waals surface area (Å²) in [7, 11) is 2.87. The first-order valence-electron chi connectivity index (χ1n) is 11.3. The largest absolute Gasteiger partial charge is 0.507 e. The van der Waals surface area contributed by atoms with Crippen LogP contribution >= 0.6 is 0 Å². The second-order valence-electron chi connectivity index (χ2n) is 9.72. The van der Waals surface area contributed by atoms with Crippen LogP contribution < -0.4 is 5.73 Å². The van der Waals surface area contributed by atoms with Crippen LogP contribution in [0.2, 0.25) is 0 Å². The third-order valence-electron chi connectivity index (χ3n) is 7.74. The van der Waals surface area contributed by atoms with E-state index in [2.05, 4.69) is 6.58 Å². The highest BCUT2D eigenvalue weighted by Gasteiger charge is 2.74. The van der Waals surface area contributed by atoms with Crippen molar-refractivity contribution in [3.05, 3.63) is 42.0 Å². The Balaban J connectivity index is 2.03. The fourth-order valence-corrected chi connectivity index (χ4v) is 6.25. The molecule has 3 aliphatic rings. The molecular weight excluding hydrogens is 472 g/mol. The number of hydrogen-bond donors (Lipinski definition) is 3. The van der Waals surface area contributed by atoms with Crippen molar-refractivity contribution >= 4 is 35.0 Å². The standard InChI is InChI=1S/C25H26N2O9/c1-5-12(29)36-21-13-9(2)10-7-6-8-11(28)14(10)19(30)15(13)22(32)25(35)17(21)18(27(3)4)20(31)16(23(25)33)24(26)34/h5-9,13,15-18,21,28,35H,1H2,2-4H3,(H2,26,34). The first-order valence-corrected chi connectivity index (χ1v) is 11.3. The summed E-state index contributed by atoms with van der Waals surface area (Å²) < 4.78 is 5.60. The Morgan fingerprint density at radius 1 is 1.17 bits per heavy atom. The molecule has 0 saturated heterocycles. The summed E-state index contributed by atoms with van der Waals surface area (Å²) in [4.78, 5) is 80.2. The molecule has 0 spiro atoms. The third-order valence-corrected chi connectivity index (χ3v) is 7.74. The quantitative estimate of drug-likeness (QED) is 0.268. The molecule has 1 amide bonds. The van der Waals surface area contributed by atoms with Gasteiger partial charge in [-0.25, -0.2) is 4.79 Å². The highest BCUT2D eigenvalue weighted by Crippen LogP contribution is 2.55. The van der Waals surface area contributed by atoms with Crippen LogP contribution in [0.1, 0.15) is 28.8 Å². The number of primary amides is 1. The normalized spacial score (nSPS) is 35.5. The lowest BCUT2D eigenvalue weighted by Crippen LogP contribution is -2.78. The molecule has 8 unspecified atom stereocenters. The zero-order valence-corrected chi connectivity index (χ0v) is 19.8. The van der Waals surface area contributed by atoms with Crippen LogP contribution in [0.4, 0.5) is 0 Å². The van der Waals surface area contributed by atoms with Crippen molar-refractivity contribution in [2.45, 2.75) is 30.6 Å². The summed E-state index contributed by atoms with van der Waals surface area (Å²) in [6, 6.07) is 2.91. The van der Waals surface area contributed by atoms with E-state index in [0.717, 1.165) is 6.08 Å². The van der Waals surface area contributed by atoms with Crippen molar-refractivity contribution in [3.8, 4) is 5.75 Å². The van der Waals surface area contributed by atoms with Crippen molar-refractivity contribution in [1.82, 2.24) is 4.90 Å². The number of benzene rings is 1. The minimum Gasteiger partial charge on any atom is -0.507 e. The smallest absolute Gasteiger partial charge is 0.330 e. The number of esters is 1. The van der Waals surface area contributed by atoms with Crippen LogP contribution in [-0.4, -0.2) is 82.0 Å². The van der Waals surface area contributed by atoms with Crippen molar-refractivity contribution in [2.24, 2.45) is 29.4 Å². The van der Waals surface area contributed by atoms with Gasteiger partial charge in [-0.05, 0) is 31.6 Å². The number of ether oxygens (including phenoxy) is 1. The number of fused-ring (bicyclic) bond motifs is 3. The molecule has 2 fully saturated rings. The molecule has 1 aromatic carbocycles. The molecule has 0 bridgehead atoms. The van der Waals surface area contributed by atoms with Gasteiger partial charge in [-0.2, -0.15) is 0 Å². The Bertz CT molecular complexity index is 1240. The van der Waals surface area contributed by atoms with Gasteiger partial charge < -0.3 is 20.7 Å². The number of phenolic OH excluding ortho intramolecular Hbond substituents is 1. The second-order valence-corrected chi connectivity index (χ2v) is 9.72. The minimum atomic E-state index is -3.05. The molecule has 11 heteroatoms. The maximum absolute atomic E-state index is 13.9. The van der Waals surface area contributed by atoms with E-state index in [4.69, 9.17) is 10.5 Å². The van der Waals surface area contributed by atoms with Crippen LogP contribution in [0.3, 0.4) is 0 Å². The molecule has 4 rings (SSSR count). The van der Waals surface area contributed by atoms with Gasteiger partial charge in [-0.15, -0.1) is 0 Å². The number of nitrogens with two attached hydrogens (primary N) is 1. The summed E-state index contributed by atoms with van der Waals surface area (Å²) in [6.07, 6.45) is -0.657. The molecule has 3 aliphatic carbocycles. The number of phenols is 1. The van der Waals surface area contributed by atoms with E-state index in [9.17, 15) is 39.0 Å². The minimum absolute atomic E-state index is 0.148. The van der Waals surface area contributed by atoms with E-state index < -0.39 is 88.1 Å². The summed E-state index contributed by atoms with van der Waals surface area (Å²) in [6.45, 7) is 5.01. The zero-order chi connectivity index (χ0) is 26.9. The maximum Gasteiger partial charge on any atom is 0.330 e. The molecule has 0 heterocycles. The van der Waals surface area contributed by atoms with E-state index >= 15 is 0 Å². The van der Waals surface area contributed by atoms with Crippen LogP contribution in [0, 0.1) is 23.7 Å². The summed E-state index contributed by atoms with van der Waals surface area (Å²) in [5, 5.41) is 22.2. The van der Waals surface area contributed by atoms with Crippen LogP contribution in [0.25, 0.3) is 0 Å². The van der Waals surface area contributed by atoms with E-state index in [1.165, 1.54) is 31.1 Å². The molecule has 11 nitrogen and oxygen atoms in total. The number of aromatic hydroxyl groups is 1. The predicted molar refractivity (Wildman–Crippen MR) is 122 cm³/mol. The SMILES string of the molecule is C=CC(=O)OC1C2C(C(=O)c3c(O)cccc3C2C)C(=O)C2(O)C(=O)C(C(N)=O)C(=O)C(N(C)C)C12. The van der Waals surface area contributed by atoms with Crippen molar-refractivity contribution in [3.63, 3.8) is 0 Å². The lowest BCUT2D eigenvalue weighted by molar-refractivity contribution is -0.204. The molecule has 1 aromatic rings. The van der Waals surface area contributed by atoms with Crippen molar-refractivity contribution in [1.29, 1.82) is 0 Å². The Labute approximate surface area is 205 Å². The number of aliphatic hydroxyl groups is 1. The number of nitrogens with zero attached hydrogens (tertiary/aromatic N) is 1. The summed E-state index contributed by atoms with van der Waals surface area (Å²) >= 11 is 0. The van der Waals surface area contributed by atoms with Gasteiger partial charge in [-0.3, -0.25) is 28.9 Å². The van der Waals surface area contributed by atoms with Gasteiger partial charge in [0.05, 0.1) is 23.4 Å². The average molecular weight is 498 g/mol. The molecule has 0 aromatic heterocycles. The number of carbonyl (C=O) groups is 6. The van der Waals surface area contributed by atoms with Gasteiger partial charge in [0.25, 0.3) is 0 Å². The van der Waals surface area contributed by atoms with E-state index in [1.54, 1.807) is 13.0 Å². The van der Waals surface area contributed by atoms with Crippen LogP contribution in [-0.2, 0) is 28.7 Å². The highest BCUT2D eigenvalue weighted by atomic mass is 16.5. The number of hydrogen-bond acceptors (Lipinski definition) is 10. The average Bonchev–Trinajstić information content (AvgIpc) is 2.80. The number of likely N-dealkylation sites (N-methyl/N-ethyl adjacent to an activating group) is 1. The summed E-state index contributed by atoms with van der Waals surface area (Å²) in [5.41, 5.74) is 2.50. The number of Topliss-reactive ketones (excluding diaryl/α,β-unsaturated/α-hetero) is 4. The number of amides is 1. The van der Waals surface area contributed by atoms with Crippen LogP contribution in [0.15, 0.2) is 30.9 Å². The third kappa shape index (κ3) is 3.19. The summed E-state index contributed by atoms with van der Waals surface area (Å²) in [5.74, 6) is -14.5. The topological polar surface area (TPSA) is 181 Å². The fourth-order valence-electron chi connectivity index (χ4n) is 6.25. The van der Waals surface area contributed by atoms with Gasteiger partial charge in [-0.1, -0.05) is 25.6 Å². The monoisotopic (exact) mass is 498 g/mol. The number of ketones is 4. The van der Waals surface area contributed by atoms with Crippen molar-refractivity contribution < 1.29 is 43.7 Å². The molecule has 190 valence electrons. The Morgan fingerprint density at radius 3 is 2.36 bits per heavy atom. The Kier molecular flexibility index (Phi) is 5.96. The highest BCUT2D eigenvalue weighted by molar-refractivity contribution is 6.32. The number of carbonyl (C=O) groups excluding carboxylic acids is 6. The molecule has 36 heavy (non-hydrogen) atoms. The molecule has 2 saturated carbocycles. The van der Waals surface area contributed by atoms with Gasteiger partial charge in [0.15, 0.2) is 34.7 Å². The van der Waals surface area contributed by atoms with E-state index in [1.807, 2.05) is 0 Å². The molecule has 4 N–H and O–H groups in total. The Hall–Kier alpha value is -3.70. The lowest BCUT2D eigenvalue weighted by Gasteiger charge is -2.56. The second kappa shape index (κ2) is 8.45. The molecule has 0 radical (unpaired) electrons. The molecular formula is C25H26N2O9. The van der Waals surface area contributed by atoms with Crippen LogP contribution in [0.5, 0.6) is 5.75 Å². The number of rotatable bonds is 4. The Morgan fingerprint density at radius 2 is 1.81 bits per heavy atom. The maximum atomic E-state index is 13.9. The van der Waals surface area contributed by atoms with E-state index in [0.29, 0.717) is 5.56 Å². The van der Waals surface area contributed by atoms with Gasteiger partial charge in [0, 0.05) is 12.0 Å². The van der Waals surface area contributed by atoms with Gasteiger partial charge >= 0.3 is 5.97 Å². The van der Waals surface area contributed by atoms with Gasteiger partial charge in [0.2, 0.25) is 5.91 Å². The molecule has 0 aliphatic heterocycles. The predicted octanol–water partition coefficient (Wildman–Crippen LogP) is -0.864. The zero-order valence-electron chi connectivity index (χ0n) is 19.8.